The predicted molar refractivity (Wildman–Crippen MR) is 88.3 cm³/mol. The lowest BCUT2D eigenvalue weighted by Crippen LogP contribution is -2.34. The molecule has 1 aromatic carbocycles. The summed E-state index contributed by atoms with van der Waals surface area (Å²) in [6.45, 7) is 8.64. The van der Waals surface area contributed by atoms with Crippen molar-refractivity contribution < 1.29 is 14.3 Å². The highest BCUT2D eigenvalue weighted by molar-refractivity contribution is 5.67. The van der Waals surface area contributed by atoms with Crippen molar-refractivity contribution in [3.8, 4) is 5.75 Å². The van der Waals surface area contributed by atoms with Crippen molar-refractivity contribution in [2.75, 3.05) is 26.2 Å². The van der Waals surface area contributed by atoms with Crippen molar-refractivity contribution in [2.24, 2.45) is 0 Å². The quantitative estimate of drug-likeness (QED) is 0.689. The highest BCUT2D eigenvalue weighted by Crippen LogP contribution is 2.08. The molecule has 1 rings (SSSR count). The van der Waals surface area contributed by atoms with Gasteiger partial charge in [-0.05, 0) is 58.8 Å². The molecule has 0 saturated heterocycles. The van der Waals surface area contributed by atoms with Crippen molar-refractivity contribution in [2.45, 2.75) is 39.2 Å². The molecular formula is C17H28N2O3. The molecule has 0 atom stereocenters. The summed E-state index contributed by atoms with van der Waals surface area (Å²) in [4.78, 5) is 11.4. The first-order valence-electron chi connectivity index (χ1n) is 7.83. The highest BCUT2D eigenvalue weighted by Gasteiger charge is 2.15. The van der Waals surface area contributed by atoms with E-state index in [0.29, 0.717) is 13.2 Å². The minimum atomic E-state index is -0.443. The number of benzene rings is 1. The van der Waals surface area contributed by atoms with Crippen LogP contribution in [0.4, 0.5) is 4.79 Å². The molecule has 0 aliphatic heterocycles. The third-order valence-electron chi connectivity index (χ3n) is 2.71. The van der Waals surface area contributed by atoms with Crippen LogP contribution < -0.4 is 15.4 Å². The largest absolute Gasteiger partial charge is 0.494 e. The van der Waals surface area contributed by atoms with Gasteiger partial charge in [0.1, 0.15) is 11.4 Å². The van der Waals surface area contributed by atoms with Gasteiger partial charge in [-0.2, -0.15) is 0 Å². The number of rotatable bonds is 9. The van der Waals surface area contributed by atoms with Crippen LogP contribution in [0, 0.1) is 0 Å². The maximum atomic E-state index is 11.4. The molecule has 0 saturated carbocycles. The Hall–Kier alpha value is -1.75. The average molecular weight is 308 g/mol. The summed E-state index contributed by atoms with van der Waals surface area (Å²) < 4.78 is 10.8. The Bertz CT molecular complexity index is 416. The number of alkyl carbamates (subject to hydrolysis) is 1. The number of ether oxygens (including phenoxy) is 2. The van der Waals surface area contributed by atoms with E-state index >= 15 is 0 Å². The zero-order chi connectivity index (χ0) is 16.3. The second-order valence-corrected chi connectivity index (χ2v) is 6.05. The fraction of sp³-hybridized carbons (Fsp3) is 0.588. The maximum absolute atomic E-state index is 11.4. The van der Waals surface area contributed by atoms with Gasteiger partial charge in [0.25, 0.3) is 0 Å². The molecule has 1 amide bonds. The second-order valence-electron chi connectivity index (χ2n) is 6.05. The first-order chi connectivity index (χ1) is 10.5. The molecule has 5 heteroatoms. The number of hydrogen-bond acceptors (Lipinski definition) is 4. The van der Waals surface area contributed by atoms with E-state index in [1.807, 2.05) is 51.1 Å². The van der Waals surface area contributed by atoms with Crippen molar-refractivity contribution in [3.63, 3.8) is 0 Å². The molecule has 0 radical (unpaired) electrons. The minimum absolute atomic E-state index is 0.358. The minimum Gasteiger partial charge on any atom is -0.494 e. The summed E-state index contributed by atoms with van der Waals surface area (Å²) >= 11 is 0. The fourth-order valence-corrected chi connectivity index (χ4v) is 1.75. The van der Waals surface area contributed by atoms with E-state index in [9.17, 15) is 4.79 Å². The van der Waals surface area contributed by atoms with Gasteiger partial charge in [-0.1, -0.05) is 18.2 Å². The third-order valence-corrected chi connectivity index (χ3v) is 2.71. The van der Waals surface area contributed by atoms with Gasteiger partial charge < -0.3 is 20.1 Å². The van der Waals surface area contributed by atoms with E-state index in [2.05, 4.69) is 10.6 Å². The third kappa shape index (κ3) is 10.0. The molecule has 22 heavy (non-hydrogen) atoms. The summed E-state index contributed by atoms with van der Waals surface area (Å²) in [5.41, 5.74) is -0.443. The number of nitrogens with one attached hydrogen (secondary N) is 2. The van der Waals surface area contributed by atoms with Crippen LogP contribution in [-0.2, 0) is 4.74 Å². The molecule has 5 nitrogen and oxygen atoms in total. The molecule has 0 aliphatic carbocycles. The van der Waals surface area contributed by atoms with Crippen LogP contribution in [0.5, 0.6) is 5.75 Å². The van der Waals surface area contributed by atoms with Gasteiger partial charge in [-0.15, -0.1) is 0 Å². The standard InChI is InChI=1S/C17H28N2O3/c1-17(2,3)22-16(20)19-13-7-11-18-12-8-14-21-15-9-5-4-6-10-15/h4-6,9-10,18H,7-8,11-14H2,1-3H3,(H,19,20). The Morgan fingerprint density at radius 3 is 2.41 bits per heavy atom. The average Bonchev–Trinajstić information content (AvgIpc) is 2.44. The number of para-hydroxylation sites is 1. The molecule has 1 aromatic rings. The maximum Gasteiger partial charge on any atom is 0.407 e. The molecular weight excluding hydrogens is 280 g/mol. The molecule has 0 unspecified atom stereocenters. The normalized spacial score (nSPS) is 11.0. The van der Waals surface area contributed by atoms with Crippen LogP contribution in [0.1, 0.15) is 33.6 Å². The lowest BCUT2D eigenvalue weighted by Gasteiger charge is -2.19. The Kier molecular flexibility index (Phi) is 8.36. The molecule has 0 aliphatic rings. The lowest BCUT2D eigenvalue weighted by molar-refractivity contribution is 0.0527. The second kappa shape index (κ2) is 10.1. The van der Waals surface area contributed by atoms with Gasteiger partial charge in [-0.25, -0.2) is 4.79 Å². The monoisotopic (exact) mass is 308 g/mol. The SMILES string of the molecule is CC(C)(C)OC(=O)NCCCNCCCOc1ccccc1. The van der Waals surface area contributed by atoms with Gasteiger partial charge in [0.2, 0.25) is 0 Å². The molecule has 0 heterocycles. The first-order valence-corrected chi connectivity index (χ1v) is 7.83. The zero-order valence-corrected chi connectivity index (χ0v) is 13.9. The number of carbonyl (C=O) groups is 1. The van der Waals surface area contributed by atoms with Gasteiger partial charge >= 0.3 is 6.09 Å². The van der Waals surface area contributed by atoms with Crippen molar-refractivity contribution in [1.82, 2.24) is 10.6 Å². The molecule has 2 N–H and O–H groups in total. The van der Waals surface area contributed by atoms with Crippen LogP contribution in [-0.4, -0.2) is 37.9 Å². The van der Waals surface area contributed by atoms with E-state index < -0.39 is 5.60 Å². The Balaban J connectivity index is 1.89. The molecule has 0 bridgehead atoms. The summed E-state index contributed by atoms with van der Waals surface area (Å²) in [6.07, 6.45) is 1.47. The van der Waals surface area contributed by atoms with E-state index in [1.165, 1.54) is 0 Å². The summed E-state index contributed by atoms with van der Waals surface area (Å²) in [7, 11) is 0. The Morgan fingerprint density at radius 2 is 1.73 bits per heavy atom. The molecule has 124 valence electrons. The van der Waals surface area contributed by atoms with Gasteiger partial charge in [0.15, 0.2) is 0 Å². The van der Waals surface area contributed by atoms with Gasteiger partial charge in [-0.3, -0.25) is 0 Å². The highest BCUT2D eigenvalue weighted by atomic mass is 16.6. The van der Waals surface area contributed by atoms with Crippen molar-refractivity contribution >= 4 is 6.09 Å². The Morgan fingerprint density at radius 1 is 1.05 bits per heavy atom. The van der Waals surface area contributed by atoms with Crippen LogP contribution in [0.25, 0.3) is 0 Å². The predicted octanol–water partition coefficient (Wildman–Crippen LogP) is 2.96. The molecule has 0 spiro atoms. The Labute approximate surface area is 133 Å². The lowest BCUT2D eigenvalue weighted by atomic mass is 10.2. The summed E-state index contributed by atoms with van der Waals surface area (Å²) in [5.74, 6) is 0.907. The summed E-state index contributed by atoms with van der Waals surface area (Å²) in [5, 5.41) is 6.06. The number of hydrogen-bond donors (Lipinski definition) is 2. The fourth-order valence-electron chi connectivity index (χ4n) is 1.75. The van der Waals surface area contributed by atoms with E-state index in [0.717, 1.165) is 31.7 Å². The molecule has 0 fully saturated rings. The van der Waals surface area contributed by atoms with Crippen LogP contribution in [0.2, 0.25) is 0 Å². The van der Waals surface area contributed by atoms with E-state index in [4.69, 9.17) is 9.47 Å². The number of carbonyl (C=O) groups excluding carboxylic acids is 1. The van der Waals surface area contributed by atoms with E-state index in [-0.39, 0.29) is 6.09 Å². The van der Waals surface area contributed by atoms with Crippen LogP contribution >= 0.6 is 0 Å². The first kappa shape index (κ1) is 18.3. The molecule has 0 aromatic heterocycles. The summed E-state index contributed by atoms with van der Waals surface area (Å²) in [6, 6.07) is 9.81. The van der Waals surface area contributed by atoms with Crippen molar-refractivity contribution in [3.05, 3.63) is 30.3 Å². The van der Waals surface area contributed by atoms with E-state index in [1.54, 1.807) is 0 Å². The number of amides is 1. The smallest absolute Gasteiger partial charge is 0.407 e. The van der Waals surface area contributed by atoms with Gasteiger partial charge in [0.05, 0.1) is 6.61 Å². The van der Waals surface area contributed by atoms with Crippen LogP contribution in [0.15, 0.2) is 30.3 Å². The van der Waals surface area contributed by atoms with Gasteiger partial charge in [0, 0.05) is 6.54 Å². The topological polar surface area (TPSA) is 59.6 Å². The van der Waals surface area contributed by atoms with Crippen molar-refractivity contribution in [1.29, 1.82) is 0 Å². The zero-order valence-electron chi connectivity index (χ0n) is 13.9. The van der Waals surface area contributed by atoms with Crippen LogP contribution in [0.3, 0.4) is 0 Å².